The lowest BCUT2D eigenvalue weighted by molar-refractivity contribution is -0.139. The molecule has 1 N–H and O–H groups in total. The summed E-state index contributed by atoms with van der Waals surface area (Å²) in [6.45, 7) is 8.53. The van der Waals surface area contributed by atoms with Crippen LogP contribution in [0.15, 0.2) is 48.5 Å². The molecule has 0 aromatic heterocycles. The molecule has 226 valence electrons. The van der Waals surface area contributed by atoms with Crippen molar-refractivity contribution in [1.29, 1.82) is 0 Å². The Hall–Kier alpha value is -3.47. The smallest absolute Gasteiger partial charge is 0.239 e. The van der Waals surface area contributed by atoms with Crippen molar-refractivity contribution in [3.05, 3.63) is 59.7 Å². The van der Waals surface area contributed by atoms with E-state index in [1.54, 1.807) is 7.05 Å². The number of carbonyl (C=O) groups excluding carboxylic acids is 3. The lowest BCUT2D eigenvalue weighted by Crippen LogP contribution is -2.59. The Morgan fingerprint density at radius 1 is 0.929 bits per heavy atom. The number of rotatable bonds is 3. The summed E-state index contributed by atoms with van der Waals surface area (Å²) in [5.41, 5.74) is 1.95. The van der Waals surface area contributed by atoms with Crippen LogP contribution < -0.4 is 10.1 Å². The zero-order valence-electron chi connectivity index (χ0n) is 24.8. The van der Waals surface area contributed by atoms with Crippen molar-refractivity contribution in [2.45, 2.75) is 44.9 Å². The van der Waals surface area contributed by atoms with Gasteiger partial charge in [-0.05, 0) is 54.8 Å². The normalized spacial score (nSPS) is 23.3. The minimum absolute atomic E-state index is 0.0527. The number of piperazine rings is 1. The van der Waals surface area contributed by atoms with Crippen LogP contribution in [0.25, 0.3) is 0 Å². The Kier molecular flexibility index (Phi) is 10.1. The molecule has 4 bridgehead atoms. The zero-order chi connectivity index (χ0) is 29.5. The maximum Gasteiger partial charge on any atom is 0.239 e. The minimum Gasteiger partial charge on any atom is -0.457 e. The molecule has 0 saturated carbocycles. The van der Waals surface area contributed by atoms with Gasteiger partial charge in [-0.1, -0.05) is 31.2 Å². The van der Waals surface area contributed by atoms with Crippen molar-refractivity contribution in [2.75, 3.05) is 66.0 Å². The van der Waals surface area contributed by atoms with Gasteiger partial charge >= 0.3 is 0 Å². The van der Waals surface area contributed by atoms with Crippen LogP contribution in [-0.2, 0) is 32.1 Å². The number of piperidine rings is 1. The standard InChI is InChI=1S/C32H43N5O5/c1-3-35-14-16-36(17-15-35)22-32(40)37-13-12-29-28(20-37)33-30(38)21-34(2)31(39)11-10-24-6-4-8-26(18-24)42-27-9-5-7-25(19-27)23-41-29/h4-9,18-19,28-29H,3,10-17,20-23H2,1-2H3,(H,33,38)/t28-,29+/m0/s1. The molecule has 0 unspecified atom stereocenters. The minimum atomic E-state index is -0.381. The first kappa shape index (κ1) is 30.0. The average molecular weight is 578 g/mol. The highest BCUT2D eigenvalue weighted by atomic mass is 16.5. The van der Waals surface area contributed by atoms with Crippen LogP contribution in [0, 0.1) is 0 Å². The summed E-state index contributed by atoms with van der Waals surface area (Å²) in [5.74, 6) is 1.12. The van der Waals surface area contributed by atoms with Gasteiger partial charge in [0.25, 0.3) is 0 Å². The number of amides is 3. The Balaban J connectivity index is 1.29. The molecule has 2 atom stereocenters. The fraction of sp³-hybridized carbons (Fsp3) is 0.531. The number of hydrogen-bond donors (Lipinski definition) is 1. The van der Waals surface area contributed by atoms with Gasteiger partial charge in [-0.3, -0.25) is 19.3 Å². The maximum atomic E-state index is 13.3. The Morgan fingerprint density at radius 2 is 1.62 bits per heavy atom. The molecule has 2 saturated heterocycles. The number of nitrogens with zero attached hydrogens (tertiary/aromatic N) is 4. The SMILES string of the molecule is CCN1CCN(CC(=O)N2CC[C@H]3OCc4cccc(c4)Oc4cccc(c4)CCC(=O)N(C)CC(=O)N[C@H]3C2)CC1. The van der Waals surface area contributed by atoms with Crippen molar-refractivity contribution >= 4 is 17.7 Å². The Bertz CT molecular complexity index is 1250. The molecule has 0 radical (unpaired) electrons. The Morgan fingerprint density at radius 3 is 2.36 bits per heavy atom. The third kappa shape index (κ3) is 8.08. The second kappa shape index (κ2) is 14.1. The summed E-state index contributed by atoms with van der Waals surface area (Å²) in [5, 5.41) is 3.09. The summed E-state index contributed by atoms with van der Waals surface area (Å²) < 4.78 is 12.5. The lowest BCUT2D eigenvalue weighted by Gasteiger charge is -2.40. The molecule has 5 rings (SSSR count). The molecular weight excluding hydrogens is 534 g/mol. The van der Waals surface area contributed by atoms with Crippen molar-refractivity contribution in [3.63, 3.8) is 0 Å². The van der Waals surface area contributed by atoms with E-state index in [1.165, 1.54) is 4.90 Å². The van der Waals surface area contributed by atoms with E-state index < -0.39 is 0 Å². The van der Waals surface area contributed by atoms with Crippen LogP contribution in [-0.4, -0.2) is 115 Å². The van der Waals surface area contributed by atoms with E-state index in [-0.39, 0.29) is 42.8 Å². The maximum absolute atomic E-state index is 13.3. The first-order valence-corrected chi connectivity index (χ1v) is 15.1. The topological polar surface area (TPSA) is 94.7 Å². The van der Waals surface area contributed by atoms with Crippen molar-refractivity contribution in [3.8, 4) is 11.5 Å². The van der Waals surface area contributed by atoms with Crippen LogP contribution in [0.3, 0.4) is 0 Å². The molecule has 3 aliphatic heterocycles. The van der Waals surface area contributed by atoms with Gasteiger partial charge in [0.2, 0.25) is 17.7 Å². The van der Waals surface area contributed by atoms with E-state index >= 15 is 0 Å². The van der Waals surface area contributed by atoms with Gasteiger partial charge in [0.15, 0.2) is 0 Å². The van der Waals surface area contributed by atoms with Crippen molar-refractivity contribution in [1.82, 2.24) is 24.9 Å². The van der Waals surface area contributed by atoms with E-state index in [0.717, 1.165) is 43.9 Å². The fourth-order valence-electron chi connectivity index (χ4n) is 5.85. The van der Waals surface area contributed by atoms with Crippen molar-refractivity contribution in [2.24, 2.45) is 0 Å². The van der Waals surface area contributed by atoms with Gasteiger partial charge in [0.1, 0.15) is 11.5 Å². The van der Waals surface area contributed by atoms with Gasteiger partial charge in [0, 0.05) is 52.7 Å². The van der Waals surface area contributed by atoms with E-state index in [4.69, 9.17) is 9.47 Å². The molecule has 3 amide bonds. The molecule has 3 aliphatic rings. The van der Waals surface area contributed by atoms with E-state index in [1.807, 2.05) is 53.4 Å². The predicted molar refractivity (Wildman–Crippen MR) is 159 cm³/mol. The molecule has 10 nitrogen and oxygen atoms in total. The summed E-state index contributed by atoms with van der Waals surface area (Å²) in [7, 11) is 1.65. The van der Waals surface area contributed by atoms with E-state index in [9.17, 15) is 14.4 Å². The van der Waals surface area contributed by atoms with Crippen LogP contribution in [0.2, 0.25) is 0 Å². The number of nitrogens with one attached hydrogen (secondary N) is 1. The predicted octanol–water partition coefficient (Wildman–Crippen LogP) is 2.12. The van der Waals surface area contributed by atoms with Crippen LogP contribution in [0.4, 0.5) is 0 Å². The van der Waals surface area contributed by atoms with E-state index in [0.29, 0.717) is 50.6 Å². The number of fused-ring (bicyclic) bond motifs is 5. The number of hydrogen-bond acceptors (Lipinski definition) is 7. The summed E-state index contributed by atoms with van der Waals surface area (Å²) >= 11 is 0. The quantitative estimate of drug-likeness (QED) is 0.597. The van der Waals surface area contributed by atoms with Gasteiger partial charge < -0.3 is 29.5 Å². The first-order chi connectivity index (χ1) is 20.4. The highest BCUT2D eigenvalue weighted by Gasteiger charge is 2.34. The van der Waals surface area contributed by atoms with Crippen LogP contribution in [0.5, 0.6) is 11.5 Å². The molecule has 0 aliphatic carbocycles. The van der Waals surface area contributed by atoms with Gasteiger partial charge in [-0.25, -0.2) is 0 Å². The lowest BCUT2D eigenvalue weighted by atomic mass is 10.0. The third-order valence-electron chi connectivity index (χ3n) is 8.45. The second-order valence-corrected chi connectivity index (χ2v) is 11.5. The average Bonchev–Trinajstić information content (AvgIpc) is 2.99. The second-order valence-electron chi connectivity index (χ2n) is 11.5. The molecule has 3 heterocycles. The molecule has 2 aromatic carbocycles. The molecular formula is C32H43N5O5. The fourth-order valence-corrected chi connectivity index (χ4v) is 5.85. The van der Waals surface area contributed by atoms with Crippen molar-refractivity contribution < 1.29 is 23.9 Å². The molecule has 0 spiro atoms. The summed E-state index contributed by atoms with van der Waals surface area (Å²) in [6, 6.07) is 15.1. The number of benzene rings is 2. The highest BCUT2D eigenvalue weighted by Crippen LogP contribution is 2.25. The van der Waals surface area contributed by atoms with E-state index in [2.05, 4.69) is 22.0 Å². The number of carbonyl (C=O) groups is 3. The van der Waals surface area contributed by atoms with Gasteiger partial charge in [-0.2, -0.15) is 0 Å². The number of likely N-dealkylation sites (tertiary alicyclic amines) is 1. The molecule has 2 aromatic rings. The zero-order valence-corrected chi connectivity index (χ0v) is 24.8. The first-order valence-electron chi connectivity index (χ1n) is 15.1. The third-order valence-corrected chi connectivity index (χ3v) is 8.45. The number of likely N-dealkylation sites (N-methyl/N-ethyl adjacent to an activating group) is 2. The number of aryl methyl sites for hydroxylation is 1. The summed E-state index contributed by atoms with van der Waals surface area (Å²) in [6.07, 6.45) is 1.17. The summed E-state index contributed by atoms with van der Waals surface area (Å²) in [4.78, 5) is 47.2. The molecule has 42 heavy (non-hydrogen) atoms. The molecule has 10 heteroatoms. The monoisotopic (exact) mass is 577 g/mol. The van der Waals surface area contributed by atoms with Gasteiger partial charge in [-0.15, -0.1) is 0 Å². The Labute approximate surface area is 248 Å². The van der Waals surface area contributed by atoms with Crippen LogP contribution in [0.1, 0.15) is 30.9 Å². The van der Waals surface area contributed by atoms with Gasteiger partial charge in [0.05, 0.1) is 31.8 Å². The van der Waals surface area contributed by atoms with Crippen LogP contribution >= 0.6 is 0 Å². The largest absolute Gasteiger partial charge is 0.457 e. The highest BCUT2D eigenvalue weighted by molar-refractivity contribution is 5.85. The number of ether oxygens (including phenoxy) is 2. The molecule has 2 fully saturated rings.